The molecule has 26 heavy (non-hydrogen) atoms. The fourth-order valence-corrected chi connectivity index (χ4v) is 2.93. The molecule has 2 aromatic carbocycles. The highest BCUT2D eigenvalue weighted by Gasteiger charge is 2.12. The molecule has 0 radical (unpaired) electrons. The van der Waals surface area contributed by atoms with Gasteiger partial charge in [-0.05, 0) is 36.8 Å². The minimum Gasteiger partial charge on any atom is -0.349 e. The van der Waals surface area contributed by atoms with Crippen molar-refractivity contribution in [3.05, 3.63) is 59.7 Å². The van der Waals surface area contributed by atoms with Gasteiger partial charge >= 0.3 is 0 Å². The average molecular weight is 346 g/mol. The van der Waals surface area contributed by atoms with Gasteiger partial charge in [0, 0.05) is 20.0 Å². The molecule has 0 unspecified atom stereocenters. The number of imidazole rings is 1. The first kappa shape index (κ1) is 16.1. The maximum Gasteiger partial charge on any atom is 0.291 e. The van der Waals surface area contributed by atoms with Gasteiger partial charge in [-0.2, -0.15) is 0 Å². The molecule has 0 aliphatic heterocycles. The van der Waals surface area contributed by atoms with Crippen molar-refractivity contribution in [1.29, 1.82) is 0 Å². The van der Waals surface area contributed by atoms with E-state index in [2.05, 4.69) is 25.5 Å². The second-order valence-electron chi connectivity index (χ2n) is 6.21. The number of aryl methyl sites for hydroxylation is 2. The molecule has 0 bridgehead atoms. The van der Waals surface area contributed by atoms with E-state index in [4.69, 9.17) is 0 Å². The Hall–Kier alpha value is -3.35. The molecular weight excluding hydrogens is 328 g/mol. The first-order valence-corrected chi connectivity index (χ1v) is 8.41. The van der Waals surface area contributed by atoms with Crippen LogP contribution in [-0.4, -0.2) is 37.2 Å². The molecule has 2 heterocycles. The van der Waals surface area contributed by atoms with E-state index in [1.807, 2.05) is 61.0 Å². The molecule has 2 aromatic heterocycles. The smallest absolute Gasteiger partial charge is 0.291 e. The van der Waals surface area contributed by atoms with Gasteiger partial charge in [-0.1, -0.05) is 18.2 Å². The van der Waals surface area contributed by atoms with Crippen molar-refractivity contribution < 1.29 is 4.79 Å². The van der Waals surface area contributed by atoms with Gasteiger partial charge in [-0.25, -0.2) is 9.97 Å². The van der Waals surface area contributed by atoms with E-state index >= 15 is 0 Å². The lowest BCUT2D eigenvalue weighted by atomic mass is 10.2. The molecule has 0 aliphatic rings. The average Bonchev–Trinajstić information content (AvgIpc) is 2.97. The Bertz CT molecular complexity index is 1120. The van der Waals surface area contributed by atoms with Crippen molar-refractivity contribution in [2.75, 3.05) is 6.54 Å². The number of amides is 1. The molecule has 1 N–H and O–H groups in total. The summed E-state index contributed by atoms with van der Waals surface area (Å²) in [6, 6.07) is 13.6. The SMILES string of the molecule is Cc1ccc2nnc(C(=O)NCCc3nc4ccccc4n3C)nc2c1. The van der Waals surface area contributed by atoms with E-state index in [0.717, 1.165) is 22.4 Å². The molecule has 0 fully saturated rings. The number of benzene rings is 2. The van der Waals surface area contributed by atoms with E-state index in [9.17, 15) is 4.79 Å². The van der Waals surface area contributed by atoms with Crippen molar-refractivity contribution in [3.63, 3.8) is 0 Å². The van der Waals surface area contributed by atoms with E-state index in [1.54, 1.807) is 0 Å². The van der Waals surface area contributed by atoms with Crippen LogP contribution in [-0.2, 0) is 13.5 Å². The first-order valence-electron chi connectivity index (χ1n) is 8.41. The van der Waals surface area contributed by atoms with Gasteiger partial charge in [0.15, 0.2) is 0 Å². The zero-order valence-electron chi connectivity index (χ0n) is 14.6. The summed E-state index contributed by atoms with van der Waals surface area (Å²) in [6.45, 7) is 2.42. The Morgan fingerprint density at radius 1 is 1.04 bits per heavy atom. The van der Waals surface area contributed by atoms with Crippen LogP contribution in [0.2, 0.25) is 0 Å². The molecule has 7 heteroatoms. The van der Waals surface area contributed by atoms with E-state index in [1.165, 1.54) is 0 Å². The van der Waals surface area contributed by atoms with Gasteiger partial charge in [-0.15, -0.1) is 10.2 Å². The minimum atomic E-state index is -0.334. The summed E-state index contributed by atoms with van der Waals surface area (Å²) < 4.78 is 2.04. The third-order valence-electron chi connectivity index (χ3n) is 4.33. The van der Waals surface area contributed by atoms with Crippen molar-refractivity contribution in [2.45, 2.75) is 13.3 Å². The zero-order valence-corrected chi connectivity index (χ0v) is 14.6. The zero-order chi connectivity index (χ0) is 18.1. The number of nitrogens with zero attached hydrogens (tertiary/aromatic N) is 5. The fourth-order valence-electron chi connectivity index (χ4n) is 2.93. The second-order valence-corrected chi connectivity index (χ2v) is 6.21. The van der Waals surface area contributed by atoms with E-state index < -0.39 is 0 Å². The maximum absolute atomic E-state index is 12.3. The van der Waals surface area contributed by atoms with Crippen LogP contribution >= 0.6 is 0 Å². The first-order chi connectivity index (χ1) is 12.6. The summed E-state index contributed by atoms with van der Waals surface area (Å²) >= 11 is 0. The molecule has 1 amide bonds. The fraction of sp³-hybridized carbons (Fsp3) is 0.211. The van der Waals surface area contributed by atoms with Crippen LogP contribution in [0.3, 0.4) is 0 Å². The maximum atomic E-state index is 12.3. The van der Waals surface area contributed by atoms with Gasteiger partial charge in [-0.3, -0.25) is 4.79 Å². The number of para-hydroxylation sites is 2. The molecule has 0 aliphatic carbocycles. The summed E-state index contributed by atoms with van der Waals surface area (Å²) in [4.78, 5) is 21.2. The largest absolute Gasteiger partial charge is 0.349 e. The predicted octanol–water partition coefficient (Wildman–Crippen LogP) is 2.19. The van der Waals surface area contributed by atoms with Gasteiger partial charge in [0.25, 0.3) is 5.91 Å². The summed E-state index contributed by atoms with van der Waals surface area (Å²) in [7, 11) is 1.98. The van der Waals surface area contributed by atoms with Crippen LogP contribution in [0.15, 0.2) is 42.5 Å². The van der Waals surface area contributed by atoms with Crippen LogP contribution in [0.25, 0.3) is 22.1 Å². The van der Waals surface area contributed by atoms with Gasteiger partial charge in [0.2, 0.25) is 5.82 Å². The Labute approximate surface area is 150 Å². The van der Waals surface area contributed by atoms with Gasteiger partial charge in [0.05, 0.1) is 16.6 Å². The third kappa shape index (κ3) is 2.99. The van der Waals surface area contributed by atoms with Crippen molar-refractivity contribution in [1.82, 2.24) is 30.0 Å². The molecule has 4 aromatic rings. The number of carbonyl (C=O) groups excluding carboxylic acids is 1. The quantitative estimate of drug-likeness (QED) is 0.612. The van der Waals surface area contributed by atoms with Crippen LogP contribution < -0.4 is 5.32 Å². The number of aromatic nitrogens is 5. The minimum absolute atomic E-state index is 0.0769. The standard InChI is InChI=1S/C19H18N6O/c1-12-7-8-13-15(11-12)22-18(24-23-13)19(26)20-10-9-17-21-14-5-3-4-6-16(14)25(17)2/h3-8,11H,9-10H2,1-2H3,(H,20,26). The Morgan fingerprint density at radius 3 is 2.73 bits per heavy atom. The molecular formula is C19H18N6O. The number of nitrogens with one attached hydrogen (secondary N) is 1. The number of hydrogen-bond acceptors (Lipinski definition) is 5. The van der Waals surface area contributed by atoms with Gasteiger partial charge in [0.1, 0.15) is 11.3 Å². The highest BCUT2D eigenvalue weighted by molar-refractivity contribution is 5.91. The Balaban J connectivity index is 1.45. The number of hydrogen-bond donors (Lipinski definition) is 1. The molecule has 4 rings (SSSR count). The Kier molecular flexibility index (Phi) is 4.04. The monoisotopic (exact) mass is 346 g/mol. The highest BCUT2D eigenvalue weighted by atomic mass is 16.2. The molecule has 130 valence electrons. The summed E-state index contributed by atoms with van der Waals surface area (Å²) in [5.41, 5.74) is 4.43. The summed E-state index contributed by atoms with van der Waals surface area (Å²) in [5, 5.41) is 10.8. The Morgan fingerprint density at radius 2 is 1.88 bits per heavy atom. The lowest BCUT2D eigenvalue weighted by Gasteiger charge is -2.05. The molecule has 0 atom stereocenters. The number of rotatable bonds is 4. The van der Waals surface area contributed by atoms with Crippen LogP contribution in [0.1, 0.15) is 22.0 Å². The lowest BCUT2D eigenvalue weighted by molar-refractivity contribution is 0.0943. The van der Waals surface area contributed by atoms with Crippen LogP contribution in [0.4, 0.5) is 0 Å². The van der Waals surface area contributed by atoms with Crippen LogP contribution in [0.5, 0.6) is 0 Å². The third-order valence-corrected chi connectivity index (χ3v) is 4.33. The van der Waals surface area contributed by atoms with Crippen molar-refractivity contribution >= 4 is 28.0 Å². The second kappa shape index (κ2) is 6.51. The predicted molar refractivity (Wildman–Crippen MR) is 98.8 cm³/mol. The van der Waals surface area contributed by atoms with Gasteiger partial charge < -0.3 is 9.88 Å². The van der Waals surface area contributed by atoms with Crippen molar-refractivity contribution in [2.24, 2.45) is 7.05 Å². The summed E-state index contributed by atoms with van der Waals surface area (Å²) in [5.74, 6) is 0.660. The van der Waals surface area contributed by atoms with E-state index in [0.29, 0.717) is 24.0 Å². The van der Waals surface area contributed by atoms with Crippen LogP contribution in [0, 0.1) is 6.92 Å². The molecule has 7 nitrogen and oxygen atoms in total. The number of fused-ring (bicyclic) bond motifs is 2. The number of carbonyl (C=O) groups is 1. The van der Waals surface area contributed by atoms with Crippen molar-refractivity contribution in [3.8, 4) is 0 Å². The highest BCUT2D eigenvalue weighted by Crippen LogP contribution is 2.14. The molecule has 0 saturated carbocycles. The lowest BCUT2D eigenvalue weighted by Crippen LogP contribution is -2.28. The normalized spacial score (nSPS) is 11.2. The molecule has 0 saturated heterocycles. The summed E-state index contributed by atoms with van der Waals surface area (Å²) in [6.07, 6.45) is 0.622. The molecule has 0 spiro atoms. The topological polar surface area (TPSA) is 85.6 Å². The van der Waals surface area contributed by atoms with E-state index in [-0.39, 0.29) is 11.7 Å².